The van der Waals surface area contributed by atoms with Gasteiger partial charge in [-0.15, -0.1) is 0 Å². The first-order chi connectivity index (χ1) is 7.65. The summed E-state index contributed by atoms with van der Waals surface area (Å²) < 4.78 is 13.8. The standard InChI is InChI=1S/C12H15ClFNS/c1-7-5-16-6-8-10(14)4-3-9(13)11(8)12(7)15-2/h3-4,7,12,15H,5-6H2,1-2H3. The Morgan fingerprint density at radius 1 is 1.50 bits per heavy atom. The summed E-state index contributed by atoms with van der Waals surface area (Å²) in [5, 5.41) is 3.92. The van der Waals surface area contributed by atoms with E-state index in [4.69, 9.17) is 11.6 Å². The molecule has 1 heterocycles. The number of hydrogen-bond donors (Lipinski definition) is 1. The minimum atomic E-state index is -0.138. The number of hydrogen-bond acceptors (Lipinski definition) is 2. The van der Waals surface area contributed by atoms with Crippen molar-refractivity contribution in [3.05, 3.63) is 34.1 Å². The van der Waals surface area contributed by atoms with Gasteiger partial charge in [0.05, 0.1) is 0 Å². The van der Waals surface area contributed by atoms with Crippen LogP contribution in [0.2, 0.25) is 5.02 Å². The lowest BCUT2D eigenvalue weighted by Crippen LogP contribution is -2.25. The van der Waals surface area contributed by atoms with Crippen LogP contribution in [0.15, 0.2) is 12.1 Å². The monoisotopic (exact) mass is 259 g/mol. The zero-order valence-electron chi connectivity index (χ0n) is 9.39. The molecule has 1 aliphatic heterocycles. The van der Waals surface area contributed by atoms with Gasteiger partial charge in [-0.25, -0.2) is 4.39 Å². The second kappa shape index (κ2) is 4.94. The number of rotatable bonds is 1. The molecule has 0 amide bonds. The van der Waals surface area contributed by atoms with Crippen molar-refractivity contribution in [3.8, 4) is 0 Å². The van der Waals surface area contributed by atoms with Gasteiger partial charge in [0, 0.05) is 22.4 Å². The summed E-state index contributed by atoms with van der Waals surface area (Å²) in [6.07, 6.45) is 0. The lowest BCUT2D eigenvalue weighted by Gasteiger charge is -2.23. The third-order valence-electron chi connectivity index (χ3n) is 3.06. The predicted molar refractivity (Wildman–Crippen MR) is 68.5 cm³/mol. The van der Waals surface area contributed by atoms with Gasteiger partial charge >= 0.3 is 0 Å². The van der Waals surface area contributed by atoms with Crippen molar-refractivity contribution < 1.29 is 4.39 Å². The molecule has 1 aromatic rings. The SMILES string of the molecule is CNC1c2c(Cl)ccc(F)c2CSCC1C. The summed E-state index contributed by atoms with van der Waals surface area (Å²) >= 11 is 7.98. The second-order valence-electron chi connectivity index (χ2n) is 4.18. The predicted octanol–water partition coefficient (Wildman–Crippen LogP) is 3.62. The molecule has 0 saturated carbocycles. The Morgan fingerprint density at radius 3 is 2.94 bits per heavy atom. The minimum absolute atomic E-state index is 0.138. The lowest BCUT2D eigenvalue weighted by molar-refractivity contribution is 0.448. The maximum absolute atomic E-state index is 13.8. The molecule has 1 N–H and O–H groups in total. The highest BCUT2D eigenvalue weighted by Gasteiger charge is 2.27. The van der Waals surface area contributed by atoms with Crippen molar-refractivity contribution in [2.75, 3.05) is 12.8 Å². The van der Waals surface area contributed by atoms with E-state index in [0.717, 1.165) is 16.9 Å². The van der Waals surface area contributed by atoms with Crippen molar-refractivity contribution >= 4 is 23.4 Å². The molecule has 1 aromatic carbocycles. The summed E-state index contributed by atoms with van der Waals surface area (Å²) in [5.74, 6) is 2.05. The molecule has 0 bridgehead atoms. The van der Waals surface area contributed by atoms with E-state index in [-0.39, 0.29) is 11.9 Å². The first-order valence-electron chi connectivity index (χ1n) is 5.37. The summed E-state index contributed by atoms with van der Waals surface area (Å²) in [6, 6.07) is 3.26. The van der Waals surface area contributed by atoms with Crippen molar-refractivity contribution in [1.29, 1.82) is 0 Å². The number of halogens is 2. The Kier molecular flexibility index (Phi) is 3.77. The normalized spacial score (nSPS) is 25.0. The molecule has 0 aromatic heterocycles. The highest BCUT2D eigenvalue weighted by molar-refractivity contribution is 7.98. The van der Waals surface area contributed by atoms with E-state index in [9.17, 15) is 4.39 Å². The van der Waals surface area contributed by atoms with Crippen LogP contribution >= 0.6 is 23.4 Å². The number of thioether (sulfide) groups is 1. The van der Waals surface area contributed by atoms with Crippen LogP contribution < -0.4 is 5.32 Å². The van der Waals surface area contributed by atoms with Crippen LogP contribution in [0.1, 0.15) is 24.1 Å². The largest absolute Gasteiger partial charge is 0.313 e. The van der Waals surface area contributed by atoms with Gasteiger partial charge in [-0.1, -0.05) is 18.5 Å². The van der Waals surface area contributed by atoms with Crippen LogP contribution in [0.3, 0.4) is 0 Å². The molecule has 16 heavy (non-hydrogen) atoms. The van der Waals surface area contributed by atoms with E-state index in [1.54, 1.807) is 17.8 Å². The Labute approximate surface area is 105 Å². The number of benzene rings is 1. The third kappa shape index (κ3) is 2.08. The minimum Gasteiger partial charge on any atom is -0.313 e. The molecule has 2 unspecified atom stereocenters. The Morgan fingerprint density at radius 2 is 2.25 bits per heavy atom. The molecule has 2 atom stereocenters. The maximum atomic E-state index is 13.8. The van der Waals surface area contributed by atoms with Crippen LogP contribution in [0.4, 0.5) is 4.39 Å². The van der Waals surface area contributed by atoms with Crippen molar-refractivity contribution in [1.82, 2.24) is 5.32 Å². The summed E-state index contributed by atoms with van der Waals surface area (Å²) in [6.45, 7) is 2.17. The van der Waals surface area contributed by atoms with E-state index in [2.05, 4.69) is 12.2 Å². The maximum Gasteiger partial charge on any atom is 0.127 e. The summed E-state index contributed by atoms with van der Waals surface area (Å²) in [5.41, 5.74) is 1.71. The van der Waals surface area contributed by atoms with Crippen LogP contribution in [0, 0.1) is 11.7 Å². The Hall–Kier alpha value is -0.250. The molecule has 0 radical (unpaired) electrons. The average Bonchev–Trinajstić information content (AvgIpc) is 2.43. The zero-order chi connectivity index (χ0) is 11.7. The molecule has 2 rings (SSSR count). The van der Waals surface area contributed by atoms with Gasteiger partial charge in [0.2, 0.25) is 0 Å². The first kappa shape index (κ1) is 12.2. The van der Waals surface area contributed by atoms with E-state index in [1.165, 1.54) is 6.07 Å². The molecule has 0 fully saturated rings. The van der Waals surface area contributed by atoms with E-state index < -0.39 is 0 Å². The number of nitrogens with one attached hydrogen (secondary N) is 1. The fourth-order valence-corrected chi connectivity index (χ4v) is 3.72. The first-order valence-corrected chi connectivity index (χ1v) is 6.90. The summed E-state index contributed by atoms with van der Waals surface area (Å²) in [4.78, 5) is 0. The molecule has 0 spiro atoms. The van der Waals surface area contributed by atoms with E-state index in [1.807, 2.05) is 7.05 Å². The highest BCUT2D eigenvalue weighted by atomic mass is 35.5. The van der Waals surface area contributed by atoms with Crippen LogP contribution in [0.25, 0.3) is 0 Å². The molecule has 1 aliphatic rings. The van der Waals surface area contributed by atoms with Gasteiger partial charge in [0.15, 0.2) is 0 Å². The van der Waals surface area contributed by atoms with Gasteiger partial charge < -0.3 is 5.32 Å². The van der Waals surface area contributed by atoms with E-state index >= 15 is 0 Å². The average molecular weight is 260 g/mol. The quantitative estimate of drug-likeness (QED) is 0.827. The third-order valence-corrected chi connectivity index (χ3v) is 4.65. The van der Waals surface area contributed by atoms with Gasteiger partial charge in [-0.05, 0) is 36.4 Å². The molecule has 88 valence electrons. The van der Waals surface area contributed by atoms with Crippen molar-refractivity contribution in [2.24, 2.45) is 5.92 Å². The molecule has 1 nitrogen and oxygen atoms in total. The molecule has 4 heteroatoms. The van der Waals surface area contributed by atoms with Crippen molar-refractivity contribution in [2.45, 2.75) is 18.7 Å². The molecular weight excluding hydrogens is 245 g/mol. The molecule has 0 saturated heterocycles. The topological polar surface area (TPSA) is 12.0 Å². The zero-order valence-corrected chi connectivity index (χ0v) is 11.0. The van der Waals surface area contributed by atoms with Crippen LogP contribution in [-0.4, -0.2) is 12.8 Å². The van der Waals surface area contributed by atoms with Gasteiger partial charge in [-0.3, -0.25) is 0 Å². The highest BCUT2D eigenvalue weighted by Crippen LogP contribution is 2.39. The second-order valence-corrected chi connectivity index (χ2v) is 5.62. The Balaban J connectivity index is 2.57. The van der Waals surface area contributed by atoms with Gasteiger partial charge in [0.25, 0.3) is 0 Å². The molecular formula is C12H15ClFNS. The fraction of sp³-hybridized carbons (Fsp3) is 0.500. The van der Waals surface area contributed by atoms with E-state index in [0.29, 0.717) is 16.7 Å². The Bertz CT molecular complexity index is 397. The van der Waals surface area contributed by atoms with Crippen LogP contribution in [0.5, 0.6) is 0 Å². The lowest BCUT2D eigenvalue weighted by atomic mass is 9.92. The van der Waals surface area contributed by atoms with Gasteiger partial charge in [-0.2, -0.15) is 11.8 Å². The van der Waals surface area contributed by atoms with Crippen molar-refractivity contribution in [3.63, 3.8) is 0 Å². The molecule has 0 aliphatic carbocycles. The smallest absolute Gasteiger partial charge is 0.127 e. The van der Waals surface area contributed by atoms with Gasteiger partial charge in [0.1, 0.15) is 5.82 Å². The fourth-order valence-electron chi connectivity index (χ4n) is 2.25. The summed E-state index contributed by atoms with van der Waals surface area (Å²) in [7, 11) is 1.90. The number of fused-ring (bicyclic) bond motifs is 1. The van der Waals surface area contributed by atoms with Crippen LogP contribution in [-0.2, 0) is 5.75 Å².